The predicted molar refractivity (Wildman–Crippen MR) is 99.4 cm³/mol. The number of rotatable bonds is 5. The molecule has 0 radical (unpaired) electrons. The minimum atomic E-state index is -0.953. The minimum absolute atomic E-state index is 0.241. The number of fused-ring (bicyclic) bond motifs is 1. The van der Waals surface area contributed by atoms with Crippen molar-refractivity contribution in [1.82, 2.24) is 0 Å². The molecule has 0 spiro atoms. The minimum Gasteiger partial charge on any atom is -0.489 e. The molecule has 1 heterocycles. The highest BCUT2D eigenvalue weighted by atomic mass is 16.5. The summed E-state index contributed by atoms with van der Waals surface area (Å²) in [5.41, 5.74) is 2.87. The smallest absolute Gasteiger partial charge is 0.335 e. The molecule has 4 heteroatoms. The van der Waals surface area contributed by atoms with Gasteiger partial charge in [-0.05, 0) is 42.0 Å². The lowest BCUT2D eigenvalue weighted by Gasteiger charge is -2.07. The molecule has 4 nitrogen and oxygen atoms in total. The van der Waals surface area contributed by atoms with Gasteiger partial charge in [0.1, 0.15) is 23.7 Å². The second-order valence-electron chi connectivity index (χ2n) is 5.97. The van der Waals surface area contributed by atoms with Crippen molar-refractivity contribution in [3.05, 3.63) is 90.0 Å². The van der Waals surface area contributed by atoms with E-state index in [1.165, 1.54) is 6.07 Å². The summed E-state index contributed by atoms with van der Waals surface area (Å²) in [5.74, 6) is 0.469. The van der Waals surface area contributed by atoms with Gasteiger partial charge in [-0.1, -0.05) is 42.5 Å². The molecule has 26 heavy (non-hydrogen) atoms. The van der Waals surface area contributed by atoms with Gasteiger partial charge in [0.15, 0.2) is 0 Å². The fraction of sp³-hybridized carbons (Fsp3) is 0.0455. The number of hydrogen-bond donors (Lipinski definition) is 1. The van der Waals surface area contributed by atoms with Crippen LogP contribution in [0.5, 0.6) is 5.75 Å². The van der Waals surface area contributed by atoms with Gasteiger partial charge in [-0.2, -0.15) is 0 Å². The van der Waals surface area contributed by atoms with E-state index in [0.29, 0.717) is 18.0 Å². The predicted octanol–water partition coefficient (Wildman–Crippen LogP) is 5.38. The van der Waals surface area contributed by atoms with Crippen molar-refractivity contribution >= 4 is 16.9 Å². The lowest BCUT2D eigenvalue weighted by molar-refractivity contribution is 0.0697. The monoisotopic (exact) mass is 344 g/mol. The zero-order valence-corrected chi connectivity index (χ0v) is 13.9. The van der Waals surface area contributed by atoms with Crippen LogP contribution in [0.2, 0.25) is 0 Å². The third kappa shape index (κ3) is 3.30. The van der Waals surface area contributed by atoms with Gasteiger partial charge < -0.3 is 14.3 Å². The van der Waals surface area contributed by atoms with Crippen LogP contribution < -0.4 is 4.74 Å². The maximum atomic E-state index is 11.1. The van der Waals surface area contributed by atoms with Crippen LogP contribution in [0, 0.1) is 0 Å². The van der Waals surface area contributed by atoms with Gasteiger partial charge in [0, 0.05) is 10.9 Å². The van der Waals surface area contributed by atoms with Gasteiger partial charge in [0.05, 0.1) is 5.56 Å². The van der Waals surface area contributed by atoms with E-state index in [1.807, 2.05) is 60.7 Å². The average Bonchev–Trinajstić information content (AvgIpc) is 3.11. The fourth-order valence-corrected chi connectivity index (χ4v) is 2.80. The van der Waals surface area contributed by atoms with Crippen LogP contribution in [0.25, 0.3) is 22.3 Å². The first-order valence-electron chi connectivity index (χ1n) is 8.23. The molecule has 0 aliphatic rings. The Hall–Kier alpha value is -3.53. The van der Waals surface area contributed by atoms with Crippen molar-refractivity contribution in [2.75, 3.05) is 0 Å². The molecule has 3 aromatic carbocycles. The number of hydrogen-bond acceptors (Lipinski definition) is 3. The molecule has 0 saturated heterocycles. The highest BCUT2D eigenvalue weighted by Gasteiger charge is 2.10. The summed E-state index contributed by atoms with van der Waals surface area (Å²) in [6.45, 7) is 0.492. The Balaban J connectivity index is 1.59. The van der Waals surface area contributed by atoms with Crippen LogP contribution >= 0.6 is 0 Å². The first-order valence-corrected chi connectivity index (χ1v) is 8.23. The normalized spacial score (nSPS) is 10.8. The van der Waals surface area contributed by atoms with Gasteiger partial charge in [-0.3, -0.25) is 0 Å². The molecular weight excluding hydrogens is 328 g/mol. The van der Waals surface area contributed by atoms with Crippen LogP contribution in [0.4, 0.5) is 0 Å². The number of aromatic carboxylic acids is 1. The highest BCUT2D eigenvalue weighted by Crippen LogP contribution is 2.30. The molecule has 0 saturated carbocycles. The molecule has 0 aliphatic carbocycles. The van der Waals surface area contributed by atoms with Crippen molar-refractivity contribution in [1.29, 1.82) is 0 Å². The van der Waals surface area contributed by atoms with Crippen LogP contribution in [-0.4, -0.2) is 11.1 Å². The topological polar surface area (TPSA) is 59.7 Å². The molecule has 0 unspecified atom stereocenters. The SMILES string of the molecule is O=C(O)c1ccc2oc(-c3cccc(OCc4ccccc4)c3)cc2c1. The molecule has 4 aromatic rings. The van der Waals surface area contributed by atoms with E-state index in [1.54, 1.807) is 12.1 Å². The number of benzene rings is 3. The van der Waals surface area contributed by atoms with Crippen LogP contribution in [-0.2, 0) is 6.61 Å². The molecule has 1 aromatic heterocycles. The van der Waals surface area contributed by atoms with Crippen LogP contribution in [0.15, 0.2) is 83.3 Å². The second-order valence-corrected chi connectivity index (χ2v) is 5.97. The Kier molecular flexibility index (Phi) is 4.15. The quantitative estimate of drug-likeness (QED) is 0.528. The van der Waals surface area contributed by atoms with E-state index >= 15 is 0 Å². The summed E-state index contributed by atoms with van der Waals surface area (Å²) >= 11 is 0. The standard InChI is InChI=1S/C22H16O4/c23-22(24)17-9-10-20-18(11-17)13-21(26-20)16-7-4-8-19(12-16)25-14-15-5-2-1-3-6-15/h1-13H,14H2,(H,23,24). The number of carbonyl (C=O) groups is 1. The van der Waals surface area contributed by atoms with E-state index in [2.05, 4.69) is 0 Å². The Morgan fingerprint density at radius 2 is 1.77 bits per heavy atom. The lowest BCUT2D eigenvalue weighted by Crippen LogP contribution is -1.94. The summed E-state index contributed by atoms with van der Waals surface area (Å²) in [5, 5.41) is 9.87. The molecule has 0 amide bonds. The third-order valence-electron chi connectivity index (χ3n) is 4.13. The third-order valence-corrected chi connectivity index (χ3v) is 4.13. The Labute approximate surface area is 150 Å². The molecular formula is C22H16O4. The number of furan rings is 1. The molecule has 0 aliphatic heterocycles. The maximum Gasteiger partial charge on any atom is 0.335 e. The first-order chi connectivity index (χ1) is 12.7. The number of carboxylic acid groups (broad SMARTS) is 1. The molecule has 0 bridgehead atoms. The van der Waals surface area contributed by atoms with Crippen molar-refractivity contribution < 1.29 is 19.1 Å². The molecule has 4 rings (SSSR count). The average molecular weight is 344 g/mol. The molecule has 0 fully saturated rings. The zero-order valence-electron chi connectivity index (χ0n) is 13.9. The first kappa shape index (κ1) is 16.0. The lowest BCUT2D eigenvalue weighted by atomic mass is 10.1. The van der Waals surface area contributed by atoms with Gasteiger partial charge in [0.25, 0.3) is 0 Å². The highest BCUT2D eigenvalue weighted by molar-refractivity contribution is 5.94. The summed E-state index contributed by atoms with van der Waals surface area (Å²) in [6.07, 6.45) is 0. The van der Waals surface area contributed by atoms with E-state index in [0.717, 1.165) is 22.3 Å². The van der Waals surface area contributed by atoms with Gasteiger partial charge >= 0.3 is 5.97 Å². The maximum absolute atomic E-state index is 11.1. The van der Waals surface area contributed by atoms with E-state index < -0.39 is 5.97 Å². The summed E-state index contributed by atoms with van der Waals surface area (Å²) in [6, 6.07) is 24.3. The van der Waals surface area contributed by atoms with Gasteiger partial charge in [0.2, 0.25) is 0 Å². The molecule has 128 valence electrons. The van der Waals surface area contributed by atoms with E-state index in [-0.39, 0.29) is 5.56 Å². The van der Waals surface area contributed by atoms with Gasteiger partial charge in [-0.25, -0.2) is 4.79 Å². The fourth-order valence-electron chi connectivity index (χ4n) is 2.80. The van der Waals surface area contributed by atoms with Crippen molar-refractivity contribution in [3.8, 4) is 17.1 Å². The zero-order chi connectivity index (χ0) is 17.9. The van der Waals surface area contributed by atoms with Crippen molar-refractivity contribution in [2.45, 2.75) is 6.61 Å². The summed E-state index contributed by atoms with van der Waals surface area (Å²) in [4.78, 5) is 11.1. The summed E-state index contributed by atoms with van der Waals surface area (Å²) < 4.78 is 11.7. The molecule has 0 atom stereocenters. The van der Waals surface area contributed by atoms with Gasteiger partial charge in [-0.15, -0.1) is 0 Å². The second kappa shape index (κ2) is 6.76. The van der Waals surface area contributed by atoms with E-state index in [4.69, 9.17) is 14.3 Å². The van der Waals surface area contributed by atoms with E-state index in [9.17, 15) is 4.79 Å². The van der Waals surface area contributed by atoms with Crippen LogP contribution in [0.3, 0.4) is 0 Å². The number of carboxylic acids is 1. The van der Waals surface area contributed by atoms with Crippen molar-refractivity contribution in [2.24, 2.45) is 0 Å². The largest absolute Gasteiger partial charge is 0.489 e. The van der Waals surface area contributed by atoms with Crippen LogP contribution in [0.1, 0.15) is 15.9 Å². The summed E-state index contributed by atoms with van der Waals surface area (Å²) in [7, 11) is 0. The van der Waals surface area contributed by atoms with Crippen molar-refractivity contribution in [3.63, 3.8) is 0 Å². The molecule has 1 N–H and O–H groups in total. The Morgan fingerprint density at radius 3 is 2.58 bits per heavy atom. The number of ether oxygens (including phenoxy) is 1. The Morgan fingerprint density at radius 1 is 0.923 bits per heavy atom. The Bertz CT molecular complexity index is 1060.